The van der Waals surface area contributed by atoms with Gasteiger partial charge in [-0.15, -0.1) is 0 Å². The molecule has 0 fully saturated rings. The van der Waals surface area contributed by atoms with E-state index in [-0.39, 0.29) is 18.3 Å². The van der Waals surface area contributed by atoms with Gasteiger partial charge in [-0.25, -0.2) is 9.79 Å². The van der Waals surface area contributed by atoms with Gasteiger partial charge >= 0.3 is 5.97 Å². The third-order valence-corrected chi connectivity index (χ3v) is 7.58. The highest BCUT2D eigenvalue weighted by atomic mass is 32.1. The predicted octanol–water partition coefficient (Wildman–Crippen LogP) is 5.14. The normalized spacial score (nSPS) is 15.2. The summed E-state index contributed by atoms with van der Waals surface area (Å²) in [4.78, 5) is 32.6. The standard InChI is InChI=1S/C32H32N2O5S/c1-6-37-25-17-16-21(22-12-8-9-13-23(22)25)18-27-30(35)34-29(24-14-10-11-15-26(24)39-19(3)4)28(31(36)38-7-2)20(5)33-32(34)40-27/h8-19,29H,6-7H2,1-5H3/b27-18+/t29-/m1/s1. The first kappa shape index (κ1) is 27.4. The second-order valence-electron chi connectivity index (χ2n) is 9.64. The number of ether oxygens (including phenoxy) is 3. The number of allylic oxidation sites excluding steroid dienone is 1. The van der Waals surface area contributed by atoms with E-state index in [1.165, 1.54) is 11.3 Å². The van der Waals surface area contributed by atoms with Crippen molar-refractivity contribution in [3.05, 3.63) is 103 Å². The summed E-state index contributed by atoms with van der Waals surface area (Å²) in [5.74, 6) is 0.902. The number of para-hydroxylation sites is 1. The van der Waals surface area contributed by atoms with Crippen LogP contribution < -0.4 is 24.4 Å². The first-order chi connectivity index (χ1) is 19.3. The van der Waals surface area contributed by atoms with Crippen molar-refractivity contribution in [2.24, 2.45) is 4.99 Å². The summed E-state index contributed by atoms with van der Waals surface area (Å²) in [5, 5.41) is 1.96. The van der Waals surface area contributed by atoms with Crippen LogP contribution in [0.25, 0.3) is 16.8 Å². The van der Waals surface area contributed by atoms with Gasteiger partial charge in [-0.05, 0) is 63.8 Å². The fourth-order valence-corrected chi connectivity index (χ4v) is 6.03. The SMILES string of the molecule is CCOC(=O)C1=C(C)N=c2s/c(=C/c3ccc(OCC)c4ccccc34)c(=O)n2[C@@H]1c1ccccc1OC(C)C. The van der Waals surface area contributed by atoms with Gasteiger partial charge in [0.2, 0.25) is 0 Å². The van der Waals surface area contributed by atoms with Crippen LogP contribution in [0, 0.1) is 0 Å². The number of carbonyl (C=O) groups is 1. The minimum Gasteiger partial charge on any atom is -0.493 e. The number of nitrogens with zero attached hydrogens (tertiary/aromatic N) is 2. The molecule has 0 bridgehead atoms. The minimum absolute atomic E-state index is 0.0963. The number of benzene rings is 3. The van der Waals surface area contributed by atoms with Crippen molar-refractivity contribution in [2.75, 3.05) is 13.2 Å². The molecule has 2 heterocycles. The Morgan fingerprint density at radius 2 is 1.73 bits per heavy atom. The van der Waals surface area contributed by atoms with Crippen molar-refractivity contribution in [3.8, 4) is 11.5 Å². The molecule has 8 heteroatoms. The number of thiazole rings is 1. The van der Waals surface area contributed by atoms with Crippen LogP contribution in [-0.4, -0.2) is 29.9 Å². The Bertz CT molecular complexity index is 1800. The fourth-order valence-electron chi connectivity index (χ4n) is 5.00. The van der Waals surface area contributed by atoms with Crippen LogP contribution in [0.2, 0.25) is 0 Å². The highest BCUT2D eigenvalue weighted by molar-refractivity contribution is 7.07. The average molecular weight is 557 g/mol. The topological polar surface area (TPSA) is 79.1 Å². The number of rotatable bonds is 8. The molecular weight excluding hydrogens is 524 g/mol. The molecule has 1 aliphatic heterocycles. The Morgan fingerprint density at radius 3 is 2.45 bits per heavy atom. The van der Waals surface area contributed by atoms with Gasteiger partial charge in [-0.2, -0.15) is 0 Å². The van der Waals surface area contributed by atoms with E-state index in [2.05, 4.69) is 0 Å². The van der Waals surface area contributed by atoms with Crippen LogP contribution >= 0.6 is 11.3 Å². The van der Waals surface area contributed by atoms with E-state index in [1.807, 2.05) is 87.5 Å². The van der Waals surface area contributed by atoms with Crippen LogP contribution in [0.4, 0.5) is 0 Å². The molecule has 0 N–H and O–H groups in total. The molecule has 1 atom stereocenters. The second-order valence-corrected chi connectivity index (χ2v) is 10.6. The van der Waals surface area contributed by atoms with Gasteiger partial charge in [-0.1, -0.05) is 59.9 Å². The molecule has 206 valence electrons. The maximum Gasteiger partial charge on any atom is 0.338 e. The molecular formula is C32H32N2O5S. The molecule has 0 amide bonds. The number of hydrogen-bond acceptors (Lipinski definition) is 7. The molecule has 0 saturated heterocycles. The van der Waals surface area contributed by atoms with Gasteiger partial charge < -0.3 is 14.2 Å². The zero-order valence-electron chi connectivity index (χ0n) is 23.3. The molecule has 1 aromatic heterocycles. The van der Waals surface area contributed by atoms with Gasteiger partial charge in [0.15, 0.2) is 4.80 Å². The first-order valence-corrected chi connectivity index (χ1v) is 14.3. The molecule has 0 radical (unpaired) electrons. The van der Waals surface area contributed by atoms with E-state index >= 15 is 0 Å². The van der Waals surface area contributed by atoms with E-state index in [9.17, 15) is 9.59 Å². The van der Waals surface area contributed by atoms with Crippen molar-refractivity contribution in [2.45, 2.75) is 46.8 Å². The van der Waals surface area contributed by atoms with E-state index in [0.29, 0.717) is 38.5 Å². The summed E-state index contributed by atoms with van der Waals surface area (Å²) < 4.78 is 19.5. The Kier molecular flexibility index (Phi) is 7.89. The molecule has 0 saturated carbocycles. The molecule has 4 aromatic rings. The maximum absolute atomic E-state index is 14.1. The average Bonchev–Trinajstić information content (AvgIpc) is 3.23. The van der Waals surface area contributed by atoms with E-state index in [1.54, 1.807) is 18.4 Å². The van der Waals surface area contributed by atoms with Crippen LogP contribution in [0.1, 0.15) is 51.8 Å². The monoisotopic (exact) mass is 556 g/mol. The Hall–Kier alpha value is -4.17. The molecule has 0 spiro atoms. The lowest BCUT2D eigenvalue weighted by molar-refractivity contribution is -0.139. The summed E-state index contributed by atoms with van der Waals surface area (Å²) in [7, 11) is 0. The minimum atomic E-state index is -0.746. The number of fused-ring (bicyclic) bond motifs is 2. The van der Waals surface area contributed by atoms with Crippen LogP contribution in [0.5, 0.6) is 11.5 Å². The van der Waals surface area contributed by atoms with Gasteiger partial charge in [-0.3, -0.25) is 9.36 Å². The summed E-state index contributed by atoms with van der Waals surface area (Å²) in [5.41, 5.74) is 2.20. The Morgan fingerprint density at radius 1 is 1.00 bits per heavy atom. The summed E-state index contributed by atoms with van der Waals surface area (Å²) in [6.45, 7) is 10.1. The lowest BCUT2D eigenvalue weighted by Crippen LogP contribution is -2.40. The third kappa shape index (κ3) is 5.07. The number of esters is 1. The van der Waals surface area contributed by atoms with E-state index in [4.69, 9.17) is 19.2 Å². The highest BCUT2D eigenvalue weighted by Gasteiger charge is 2.35. The lowest BCUT2D eigenvalue weighted by Gasteiger charge is -2.26. The zero-order chi connectivity index (χ0) is 28.4. The van der Waals surface area contributed by atoms with Crippen molar-refractivity contribution in [3.63, 3.8) is 0 Å². The lowest BCUT2D eigenvalue weighted by atomic mass is 9.95. The Balaban J connectivity index is 1.75. The van der Waals surface area contributed by atoms with Crippen molar-refractivity contribution in [1.29, 1.82) is 0 Å². The van der Waals surface area contributed by atoms with Gasteiger partial charge in [0, 0.05) is 10.9 Å². The number of carbonyl (C=O) groups excluding carboxylic acids is 1. The quantitative estimate of drug-likeness (QED) is 0.281. The molecule has 0 aliphatic carbocycles. The van der Waals surface area contributed by atoms with Crippen LogP contribution in [0.15, 0.2) is 81.7 Å². The smallest absolute Gasteiger partial charge is 0.338 e. The summed E-state index contributed by atoms with van der Waals surface area (Å²) in [6.07, 6.45) is 1.79. The van der Waals surface area contributed by atoms with Crippen LogP contribution in [0.3, 0.4) is 0 Å². The number of hydrogen-bond donors (Lipinski definition) is 0. The van der Waals surface area contributed by atoms with E-state index in [0.717, 1.165) is 22.1 Å². The van der Waals surface area contributed by atoms with Crippen molar-refractivity contribution >= 4 is 34.2 Å². The van der Waals surface area contributed by atoms with Crippen LogP contribution in [-0.2, 0) is 9.53 Å². The molecule has 7 nitrogen and oxygen atoms in total. The molecule has 0 unspecified atom stereocenters. The second kappa shape index (κ2) is 11.5. The number of aromatic nitrogens is 1. The maximum atomic E-state index is 14.1. The largest absolute Gasteiger partial charge is 0.493 e. The molecule has 40 heavy (non-hydrogen) atoms. The molecule has 5 rings (SSSR count). The third-order valence-electron chi connectivity index (χ3n) is 6.60. The zero-order valence-corrected chi connectivity index (χ0v) is 24.1. The summed E-state index contributed by atoms with van der Waals surface area (Å²) in [6, 6.07) is 18.6. The van der Waals surface area contributed by atoms with Crippen molar-refractivity contribution < 1.29 is 19.0 Å². The van der Waals surface area contributed by atoms with Gasteiger partial charge in [0.1, 0.15) is 17.5 Å². The predicted molar refractivity (Wildman–Crippen MR) is 158 cm³/mol. The van der Waals surface area contributed by atoms with Crippen molar-refractivity contribution in [1.82, 2.24) is 4.57 Å². The molecule has 1 aliphatic rings. The molecule has 3 aromatic carbocycles. The highest BCUT2D eigenvalue weighted by Crippen LogP contribution is 2.36. The van der Waals surface area contributed by atoms with E-state index < -0.39 is 12.0 Å². The Labute approximate surface area is 236 Å². The fraction of sp³-hybridized carbons (Fsp3) is 0.281. The van der Waals surface area contributed by atoms with Gasteiger partial charge in [0.05, 0.1) is 35.1 Å². The summed E-state index contributed by atoms with van der Waals surface area (Å²) >= 11 is 1.30. The van der Waals surface area contributed by atoms with Gasteiger partial charge in [0.25, 0.3) is 5.56 Å². The first-order valence-electron chi connectivity index (χ1n) is 13.4.